The number of anilines is 3. The molecule has 2 aliphatic rings. The van der Waals surface area contributed by atoms with Crippen molar-refractivity contribution < 1.29 is 0 Å². The maximum atomic E-state index is 2.63. The van der Waals surface area contributed by atoms with Crippen molar-refractivity contribution in [2.45, 2.75) is 5.41 Å². The van der Waals surface area contributed by atoms with E-state index in [0.29, 0.717) is 0 Å². The highest BCUT2D eigenvalue weighted by atomic mass is 15.2. The number of hydrogen-bond acceptors (Lipinski definition) is 1. The summed E-state index contributed by atoms with van der Waals surface area (Å²) in [5.74, 6) is 0. The van der Waals surface area contributed by atoms with Crippen molar-refractivity contribution >= 4 is 40.2 Å². The predicted molar refractivity (Wildman–Crippen MR) is 291 cm³/mol. The molecule has 0 unspecified atom stereocenters. The molecule has 2 heteroatoms. The molecule has 0 aliphatic carbocycles. The van der Waals surface area contributed by atoms with E-state index in [2.05, 4.69) is 284 Å². The van der Waals surface area contributed by atoms with Crippen LogP contribution in [0.25, 0.3) is 55.6 Å². The molecular formula is C67H46BN. The molecule has 322 valence electrons. The van der Waals surface area contributed by atoms with Gasteiger partial charge in [-0.2, -0.15) is 0 Å². The molecule has 11 aromatic rings. The van der Waals surface area contributed by atoms with Gasteiger partial charge >= 0.3 is 0 Å². The quantitative estimate of drug-likeness (QED) is 0.138. The van der Waals surface area contributed by atoms with Crippen LogP contribution in [0.1, 0.15) is 22.3 Å². The van der Waals surface area contributed by atoms with Gasteiger partial charge in [0.05, 0.1) is 11.1 Å². The normalized spacial score (nSPS) is 13.0. The predicted octanol–water partition coefficient (Wildman–Crippen LogP) is 15.0. The zero-order chi connectivity index (χ0) is 45.7. The first-order chi connectivity index (χ1) is 34.3. The Hall–Kier alpha value is -8.72. The van der Waals surface area contributed by atoms with E-state index in [1.54, 1.807) is 0 Å². The summed E-state index contributed by atoms with van der Waals surface area (Å²) in [7, 11) is 0. The molecule has 1 nitrogen and oxygen atoms in total. The van der Waals surface area contributed by atoms with Crippen LogP contribution in [0.5, 0.6) is 0 Å². The summed E-state index contributed by atoms with van der Waals surface area (Å²) in [6.45, 7) is -0.0344. The number of nitrogens with zero attached hydrogens (tertiary/aromatic N) is 1. The summed E-state index contributed by atoms with van der Waals surface area (Å²) < 4.78 is 0. The molecule has 2 heterocycles. The Morgan fingerprint density at radius 2 is 0.681 bits per heavy atom. The van der Waals surface area contributed by atoms with Gasteiger partial charge in [-0.05, 0) is 114 Å². The van der Waals surface area contributed by atoms with E-state index >= 15 is 0 Å². The van der Waals surface area contributed by atoms with Crippen molar-refractivity contribution in [2.24, 2.45) is 0 Å². The van der Waals surface area contributed by atoms with Crippen LogP contribution in [0.3, 0.4) is 0 Å². The van der Waals surface area contributed by atoms with E-state index < -0.39 is 5.41 Å². The fourth-order valence-corrected chi connectivity index (χ4v) is 11.7. The maximum Gasteiger partial charge on any atom is 0.247 e. The molecule has 0 saturated heterocycles. The zero-order valence-electron chi connectivity index (χ0n) is 38.1. The highest BCUT2D eigenvalue weighted by molar-refractivity contribution is 6.99. The fraction of sp³-hybridized carbons (Fsp3) is 0.0149. The van der Waals surface area contributed by atoms with Crippen LogP contribution in [0.15, 0.2) is 279 Å². The highest BCUT2D eigenvalue weighted by Gasteiger charge is 2.51. The van der Waals surface area contributed by atoms with Crippen LogP contribution in [0.2, 0.25) is 0 Å². The van der Waals surface area contributed by atoms with Gasteiger partial charge in [-0.3, -0.25) is 0 Å². The van der Waals surface area contributed by atoms with Crippen LogP contribution in [0.4, 0.5) is 17.1 Å². The molecule has 0 fully saturated rings. The minimum atomic E-state index is -0.672. The smallest absolute Gasteiger partial charge is 0.247 e. The molecule has 0 atom stereocenters. The number of fused-ring (bicyclic) bond motifs is 4. The van der Waals surface area contributed by atoms with E-state index in [4.69, 9.17) is 0 Å². The van der Waals surface area contributed by atoms with Gasteiger partial charge in [-0.25, -0.2) is 0 Å². The van der Waals surface area contributed by atoms with Crippen LogP contribution in [0, 0.1) is 0 Å². The Morgan fingerprint density at radius 1 is 0.275 bits per heavy atom. The molecule has 11 aromatic carbocycles. The lowest BCUT2D eigenvalue weighted by molar-refractivity contribution is 0.751. The first kappa shape index (κ1) is 40.6. The summed E-state index contributed by atoms with van der Waals surface area (Å²) >= 11 is 0. The summed E-state index contributed by atoms with van der Waals surface area (Å²) in [5.41, 5.74) is 23.7. The summed E-state index contributed by atoms with van der Waals surface area (Å²) in [5, 5.41) is 0. The molecule has 0 N–H and O–H groups in total. The van der Waals surface area contributed by atoms with Crippen molar-refractivity contribution in [3.05, 3.63) is 301 Å². The van der Waals surface area contributed by atoms with Gasteiger partial charge in [-0.15, -0.1) is 0 Å². The standard InChI is InChI=1S/C67H46BN/c1-7-24-47(25-8-1)51-42-52(48-26-9-2-10-27-48)44-53(43-51)54-45-60-65-64(46-54)69(66-57(49-28-11-3-12-29-49)36-23-37-58(66)50-30-13-4-14-31-50)63-41-22-21-40-62(63)68(65)61-39-20-19-38-59(61)67(60,55-32-15-5-16-33-55)56-34-17-6-18-35-56/h1-46H. The Morgan fingerprint density at radius 3 is 1.20 bits per heavy atom. The minimum absolute atomic E-state index is 0.0344. The number of rotatable bonds is 8. The average Bonchev–Trinajstić information content (AvgIpc) is 3.44. The Labute approximate surface area is 405 Å². The van der Waals surface area contributed by atoms with E-state index in [9.17, 15) is 0 Å². The van der Waals surface area contributed by atoms with Crippen molar-refractivity contribution in [2.75, 3.05) is 4.90 Å². The highest BCUT2D eigenvalue weighted by Crippen LogP contribution is 2.53. The van der Waals surface area contributed by atoms with Crippen LogP contribution >= 0.6 is 0 Å². The summed E-state index contributed by atoms with van der Waals surface area (Å²) in [4.78, 5) is 2.63. The molecule has 0 radical (unpaired) electrons. The number of benzene rings is 11. The molecule has 13 rings (SSSR count). The van der Waals surface area contributed by atoms with Crippen molar-refractivity contribution in [3.63, 3.8) is 0 Å². The largest absolute Gasteiger partial charge is 0.310 e. The third kappa shape index (κ3) is 6.63. The Balaban J connectivity index is 1.22. The Kier molecular flexibility index (Phi) is 9.91. The van der Waals surface area contributed by atoms with Gasteiger partial charge in [0.25, 0.3) is 0 Å². The average molecular weight is 876 g/mol. The van der Waals surface area contributed by atoms with Crippen molar-refractivity contribution in [1.29, 1.82) is 0 Å². The molecule has 69 heavy (non-hydrogen) atoms. The lowest BCUT2D eigenvalue weighted by atomic mass is 9.29. The van der Waals surface area contributed by atoms with E-state index in [0.717, 1.165) is 16.8 Å². The van der Waals surface area contributed by atoms with Gasteiger partial charge in [0.2, 0.25) is 6.71 Å². The van der Waals surface area contributed by atoms with Gasteiger partial charge in [0.1, 0.15) is 0 Å². The minimum Gasteiger partial charge on any atom is -0.310 e. The third-order valence-electron chi connectivity index (χ3n) is 14.6. The van der Waals surface area contributed by atoms with Crippen molar-refractivity contribution in [3.8, 4) is 55.6 Å². The molecule has 0 amide bonds. The topological polar surface area (TPSA) is 3.24 Å². The van der Waals surface area contributed by atoms with E-state index in [-0.39, 0.29) is 6.71 Å². The van der Waals surface area contributed by atoms with Gasteiger partial charge in [0.15, 0.2) is 0 Å². The lowest BCUT2D eigenvalue weighted by Gasteiger charge is -2.49. The van der Waals surface area contributed by atoms with Crippen LogP contribution in [-0.4, -0.2) is 6.71 Å². The van der Waals surface area contributed by atoms with E-state index in [1.807, 2.05) is 0 Å². The first-order valence-electron chi connectivity index (χ1n) is 24.0. The number of para-hydroxylation sites is 2. The summed E-state index contributed by atoms with van der Waals surface area (Å²) in [6, 6.07) is 104. The maximum absolute atomic E-state index is 2.63. The number of hydrogen-bond donors (Lipinski definition) is 0. The first-order valence-corrected chi connectivity index (χ1v) is 24.0. The summed E-state index contributed by atoms with van der Waals surface area (Å²) in [6.07, 6.45) is 0. The Bertz CT molecular complexity index is 3490. The molecule has 0 spiro atoms. The SMILES string of the molecule is c1ccc(-c2cc(-c3ccccc3)cc(-c3cc4c5c(c3)C(c3ccccc3)(c3ccccc3)c3ccccc3B5c3ccccc3N4c3c(-c4ccccc4)cccc3-c3ccccc3)c2)cc1. The molecule has 0 aromatic heterocycles. The molecule has 0 bridgehead atoms. The zero-order valence-corrected chi connectivity index (χ0v) is 38.1. The van der Waals surface area contributed by atoms with Gasteiger partial charge in [0, 0.05) is 22.5 Å². The van der Waals surface area contributed by atoms with Gasteiger partial charge in [-0.1, -0.05) is 248 Å². The second kappa shape index (κ2) is 16.9. The van der Waals surface area contributed by atoms with Crippen LogP contribution in [-0.2, 0) is 5.41 Å². The second-order valence-corrected chi connectivity index (χ2v) is 18.3. The fourth-order valence-electron chi connectivity index (χ4n) is 11.7. The second-order valence-electron chi connectivity index (χ2n) is 18.3. The molecule has 2 aliphatic heterocycles. The van der Waals surface area contributed by atoms with Gasteiger partial charge < -0.3 is 4.90 Å². The van der Waals surface area contributed by atoms with Crippen LogP contribution < -0.4 is 21.3 Å². The molecular weight excluding hydrogens is 830 g/mol. The lowest BCUT2D eigenvalue weighted by Crippen LogP contribution is -2.65. The van der Waals surface area contributed by atoms with Crippen molar-refractivity contribution in [1.82, 2.24) is 0 Å². The molecule has 0 saturated carbocycles. The van der Waals surface area contributed by atoms with E-state index in [1.165, 1.54) is 94.5 Å². The monoisotopic (exact) mass is 875 g/mol. The third-order valence-corrected chi connectivity index (χ3v) is 14.6.